The van der Waals surface area contributed by atoms with E-state index in [0.29, 0.717) is 39.3 Å². The molecule has 2 saturated heterocycles. The SMILES string of the molecule is COCCN1C(=O)CC(N2CCN(C(=O)C3CCCCC3)CC2)C1=O. The number of nitrogens with zero attached hydrogens (tertiary/aromatic N) is 3. The third kappa shape index (κ3) is 4.03. The number of carbonyl (C=O) groups is 3. The number of rotatable bonds is 5. The fraction of sp³-hybridized carbons (Fsp3) is 0.833. The van der Waals surface area contributed by atoms with Gasteiger partial charge in [0.05, 0.1) is 25.6 Å². The van der Waals surface area contributed by atoms with Crippen LogP contribution in [-0.2, 0) is 19.1 Å². The fourth-order valence-electron chi connectivity index (χ4n) is 4.23. The summed E-state index contributed by atoms with van der Waals surface area (Å²) in [5.74, 6) is 0.247. The van der Waals surface area contributed by atoms with E-state index in [1.807, 2.05) is 4.90 Å². The molecule has 0 aromatic heterocycles. The number of hydrogen-bond acceptors (Lipinski definition) is 5. The second-order valence-electron chi connectivity index (χ2n) is 7.29. The van der Waals surface area contributed by atoms with Gasteiger partial charge in [-0.2, -0.15) is 0 Å². The molecule has 0 aromatic carbocycles. The zero-order chi connectivity index (χ0) is 17.8. The molecule has 3 rings (SSSR count). The number of methoxy groups -OCH3 is 1. The molecule has 7 nitrogen and oxygen atoms in total. The normalized spacial score (nSPS) is 26.5. The van der Waals surface area contributed by atoms with Gasteiger partial charge in [-0.3, -0.25) is 24.2 Å². The minimum absolute atomic E-state index is 0.117. The first-order valence-corrected chi connectivity index (χ1v) is 9.48. The molecule has 3 amide bonds. The molecule has 0 aromatic rings. The van der Waals surface area contributed by atoms with Crippen LogP contribution in [-0.4, -0.2) is 84.9 Å². The second kappa shape index (κ2) is 8.27. The third-order valence-corrected chi connectivity index (χ3v) is 5.76. The molecule has 0 bridgehead atoms. The molecule has 1 unspecified atom stereocenters. The monoisotopic (exact) mass is 351 g/mol. The number of carbonyl (C=O) groups excluding carboxylic acids is 3. The van der Waals surface area contributed by atoms with Gasteiger partial charge >= 0.3 is 0 Å². The first kappa shape index (κ1) is 18.3. The number of likely N-dealkylation sites (tertiary alicyclic amines) is 1. The van der Waals surface area contributed by atoms with Crippen molar-refractivity contribution in [2.24, 2.45) is 5.92 Å². The maximum Gasteiger partial charge on any atom is 0.247 e. The molecular formula is C18H29N3O4. The van der Waals surface area contributed by atoms with Gasteiger partial charge in [0.15, 0.2) is 0 Å². The lowest BCUT2D eigenvalue weighted by atomic mass is 9.88. The minimum Gasteiger partial charge on any atom is -0.383 e. The van der Waals surface area contributed by atoms with Gasteiger partial charge in [-0.05, 0) is 12.8 Å². The molecule has 140 valence electrons. The van der Waals surface area contributed by atoms with Crippen molar-refractivity contribution in [2.45, 2.75) is 44.6 Å². The third-order valence-electron chi connectivity index (χ3n) is 5.76. The fourth-order valence-corrected chi connectivity index (χ4v) is 4.23. The van der Waals surface area contributed by atoms with Crippen LogP contribution < -0.4 is 0 Å². The van der Waals surface area contributed by atoms with Crippen molar-refractivity contribution >= 4 is 17.7 Å². The summed E-state index contributed by atoms with van der Waals surface area (Å²) in [6, 6.07) is -0.365. The van der Waals surface area contributed by atoms with Gasteiger partial charge in [-0.1, -0.05) is 19.3 Å². The Kier molecular flexibility index (Phi) is 6.06. The highest BCUT2D eigenvalue weighted by atomic mass is 16.5. The first-order valence-electron chi connectivity index (χ1n) is 9.48. The van der Waals surface area contributed by atoms with Gasteiger partial charge in [0.25, 0.3) is 0 Å². The van der Waals surface area contributed by atoms with Crippen LogP contribution in [0.25, 0.3) is 0 Å². The van der Waals surface area contributed by atoms with Gasteiger partial charge in [0.2, 0.25) is 17.7 Å². The average molecular weight is 351 g/mol. The summed E-state index contributed by atoms with van der Waals surface area (Å²) in [5, 5.41) is 0. The quantitative estimate of drug-likeness (QED) is 0.674. The highest BCUT2D eigenvalue weighted by Crippen LogP contribution is 2.26. The molecule has 3 aliphatic rings. The van der Waals surface area contributed by atoms with Gasteiger partial charge in [-0.25, -0.2) is 0 Å². The smallest absolute Gasteiger partial charge is 0.247 e. The van der Waals surface area contributed by atoms with Crippen LogP contribution in [0, 0.1) is 5.92 Å². The van der Waals surface area contributed by atoms with Crippen LogP contribution in [0.3, 0.4) is 0 Å². The molecule has 0 N–H and O–H groups in total. The molecule has 1 saturated carbocycles. The standard InChI is InChI=1S/C18H29N3O4/c1-25-12-11-21-16(22)13-15(18(21)24)19-7-9-20(10-8-19)17(23)14-5-3-2-4-6-14/h14-15H,2-13H2,1H3. The highest BCUT2D eigenvalue weighted by Gasteiger charge is 2.42. The zero-order valence-corrected chi connectivity index (χ0v) is 15.1. The summed E-state index contributed by atoms with van der Waals surface area (Å²) >= 11 is 0. The minimum atomic E-state index is -0.365. The van der Waals surface area contributed by atoms with Gasteiger partial charge in [0, 0.05) is 39.2 Å². The second-order valence-corrected chi connectivity index (χ2v) is 7.29. The molecule has 1 atom stereocenters. The van der Waals surface area contributed by atoms with E-state index in [-0.39, 0.29) is 36.1 Å². The lowest BCUT2D eigenvalue weighted by molar-refractivity contribution is -0.141. The number of ether oxygens (including phenoxy) is 1. The lowest BCUT2D eigenvalue weighted by Crippen LogP contribution is -2.54. The summed E-state index contributed by atoms with van der Waals surface area (Å²) < 4.78 is 4.98. The molecule has 25 heavy (non-hydrogen) atoms. The topological polar surface area (TPSA) is 70.2 Å². The van der Waals surface area contributed by atoms with Crippen LogP contribution in [0.2, 0.25) is 0 Å². The molecule has 3 fully saturated rings. The number of imide groups is 1. The molecule has 0 radical (unpaired) electrons. The van der Waals surface area contributed by atoms with E-state index in [4.69, 9.17) is 4.74 Å². The van der Waals surface area contributed by atoms with Gasteiger partial charge < -0.3 is 9.64 Å². The van der Waals surface area contributed by atoms with Gasteiger partial charge in [-0.15, -0.1) is 0 Å². The summed E-state index contributed by atoms with van der Waals surface area (Å²) in [6.45, 7) is 3.34. The summed E-state index contributed by atoms with van der Waals surface area (Å²) in [4.78, 5) is 42.6. The van der Waals surface area contributed by atoms with Gasteiger partial charge in [0.1, 0.15) is 0 Å². The number of hydrogen-bond donors (Lipinski definition) is 0. The maximum atomic E-state index is 12.6. The van der Waals surface area contributed by atoms with E-state index < -0.39 is 0 Å². The number of amides is 3. The van der Waals surface area contributed by atoms with Crippen molar-refractivity contribution in [3.8, 4) is 0 Å². The Hall–Kier alpha value is -1.47. The Morgan fingerprint density at radius 3 is 2.40 bits per heavy atom. The maximum absolute atomic E-state index is 12.6. The molecule has 2 heterocycles. The van der Waals surface area contributed by atoms with Crippen LogP contribution in [0.4, 0.5) is 0 Å². The van der Waals surface area contributed by atoms with Crippen LogP contribution in [0.5, 0.6) is 0 Å². The van der Waals surface area contributed by atoms with Crippen molar-refractivity contribution in [3.63, 3.8) is 0 Å². The molecule has 1 aliphatic carbocycles. The molecule has 0 spiro atoms. The Labute approximate surface area is 149 Å². The Morgan fingerprint density at radius 2 is 1.76 bits per heavy atom. The zero-order valence-electron chi connectivity index (χ0n) is 15.1. The predicted molar refractivity (Wildman–Crippen MR) is 91.7 cm³/mol. The first-order chi connectivity index (χ1) is 12.1. The van der Waals surface area contributed by atoms with E-state index in [0.717, 1.165) is 25.7 Å². The Balaban J connectivity index is 1.51. The number of piperazine rings is 1. The molecule has 7 heteroatoms. The molecule has 2 aliphatic heterocycles. The van der Waals surface area contributed by atoms with E-state index in [9.17, 15) is 14.4 Å². The average Bonchev–Trinajstić information content (AvgIpc) is 2.94. The highest BCUT2D eigenvalue weighted by molar-refractivity contribution is 6.05. The van der Waals surface area contributed by atoms with Crippen molar-refractivity contribution in [1.82, 2.24) is 14.7 Å². The van der Waals surface area contributed by atoms with Crippen molar-refractivity contribution < 1.29 is 19.1 Å². The van der Waals surface area contributed by atoms with E-state index in [1.54, 1.807) is 7.11 Å². The van der Waals surface area contributed by atoms with Crippen LogP contribution >= 0.6 is 0 Å². The largest absolute Gasteiger partial charge is 0.383 e. The van der Waals surface area contributed by atoms with Crippen molar-refractivity contribution in [2.75, 3.05) is 46.4 Å². The van der Waals surface area contributed by atoms with Crippen molar-refractivity contribution in [3.05, 3.63) is 0 Å². The van der Waals surface area contributed by atoms with E-state index in [2.05, 4.69) is 4.90 Å². The Bertz CT molecular complexity index is 510. The van der Waals surface area contributed by atoms with E-state index in [1.165, 1.54) is 11.3 Å². The summed E-state index contributed by atoms with van der Waals surface area (Å²) in [5.41, 5.74) is 0. The van der Waals surface area contributed by atoms with Crippen molar-refractivity contribution in [1.29, 1.82) is 0 Å². The summed E-state index contributed by atoms with van der Waals surface area (Å²) in [6.07, 6.45) is 5.85. The van der Waals surface area contributed by atoms with Crippen LogP contribution in [0.1, 0.15) is 38.5 Å². The lowest BCUT2D eigenvalue weighted by Gasteiger charge is -2.38. The Morgan fingerprint density at radius 1 is 1.08 bits per heavy atom. The predicted octanol–water partition coefficient (Wildman–Crippen LogP) is 0.485. The van der Waals surface area contributed by atoms with E-state index >= 15 is 0 Å². The summed E-state index contributed by atoms with van der Waals surface area (Å²) in [7, 11) is 1.56. The van der Waals surface area contributed by atoms with Crippen LogP contribution in [0.15, 0.2) is 0 Å². The molecular weight excluding hydrogens is 322 g/mol.